The smallest absolute Gasteiger partial charge is 0.227 e. The number of nitrogens with zero attached hydrogens (tertiary/aromatic N) is 4. The Morgan fingerprint density at radius 1 is 1.14 bits per heavy atom. The van der Waals surface area contributed by atoms with Crippen LogP contribution in [0.1, 0.15) is 18.5 Å². The first kappa shape index (κ1) is 18.7. The second-order valence-corrected chi connectivity index (χ2v) is 8.61. The quantitative estimate of drug-likeness (QED) is 0.766. The molecular formula is C21H26N4O3S. The van der Waals surface area contributed by atoms with Gasteiger partial charge in [0.15, 0.2) is 11.5 Å². The van der Waals surface area contributed by atoms with Gasteiger partial charge in [0.1, 0.15) is 23.4 Å². The highest BCUT2D eigenvalue weighted by Gasteiger charge is 2.31. The average molecular weight is 415 g/mol. The maximum absolute atomic E-state index is 12.3. The number of anilines is 2. The Kier molecular flexibility index (Phi) is 5.05. The number of rotatable bonds is 4. The van der Waals surface area contributed by atoms with Gasteiger partial charge >= 0.3 is 0 Å². The van der Waals surface area contributed by atoms with Crippen molar-refractivity contribution < 1.29 is 14.3 Å². The number of hydrogen-bond acceptors (Lipinski definition) is 7. The molecule has 1 amide bonds. The van der Waals surface area contributed by atoms with E-state index in [2.05, 4.69) is 14.2 Å². The Morgan fingerprint density at radius 2 is 1.93 bits per heavy atom. The van der Waals surface area contributed by atoms with Crippen LogP contribution in [0.25, 0.3) is 0 Å². The van der Waals surface area contributed by atoms with Gasteiger partial charge in [0.05, 0.1) is 5.69 Å². The summed E-state index contributed by atoms with van der Waals surface area (Å²) in [6.45, 7) is 8.06. The SMILES string of the molecule is Cc1nsc(N2CCN(CC3COc4ccccc4O3)CC2)c1N1CCCC1=O. The van der Waals surface area contributed by atoms with Crippen molar-refractivity contribution in [2.45, 2.75) is 25.9 Å². The molecule has 2 fully saturated rings. The van der Waals surface area contributed by atoms with Gasteiger partial charge in [-0.05, 0) is 37.0 Å². The van der Waals surface area contributed by atoms with E-state index in [9.17, 15) is 4.79 Å². The molecule has 4 heterocycles. The van der Waals surface area contributed by atoms with Crippen molar-refractivity contribution >= 4 is 28.1 Å². The normalized spacial score (nSPS) is 22.4. The molecule has 0 saturated carbocycles. The number of aromatic nitrogens is 1. The van der Waals surface area contributed by atoms with Crippen LogP contribution in [0.3, 0.4) is 0 Å². The maximum atomic E-state index is 12.3. The van der Waals surface area contributed by atoms with Crippen molar-refractivity contribution in [1.29, 1.82) is 0 Å². The fourth-order valence-corrected chi connectivity index (χ4v) is 5.28. The summed E-state index contributed by atoms with van der Waals surface area (Å²) in [6, 6.07) is 7.85. The Hall–Kier alpha value is -2.32. The fraction of sp³-hybridized carbons (Fsp3) is 0.524. The average Bonchev–Trinajstić information content (AvgIpc) is 3.33. The van der Waals surface area contributed by atoms with Crippen molar-refractivity contribution in [3.63, 3.8) is 0 Å². The molecule has 1 atom stereocenters. The summed E-state index contributed by atoms with van der Waals surface area (Å²) in [7, 11) is 0. The molecule has 1 aromatic carbocycles. The molecule has 0 N–H and O–H groups in total. The van der Waals surface area contributed by atoms with Crippen LogP contribution in [0.15, 0.2) is 24.3 Å². The van der Waals surface area contributed by atoms with Crippen LogP contribution in [-0.2, 0) is 4.79 Å². The molecule has 7 nitrogen and oxygen atoms in total. The monoisotopic (exact) mass is 414 g/mol. The predicted octanol–water partition coefficient (Wildman–Crippen LogP) is 2.54. The maximum Gasteiger partial charge on any atom is 0.227 e. The van der Waals surface area contributed by atoms with E-state index in [0.717, 1.165) is 73.6 Å². The summed E-state index contributed by atoms with van der Waals surface area (Å²) in [5.74, 6) is 1.89. The van der Waals surface area contributed by atoms with Crippen LogP contribution in [0.2, 0.25) is 0 Å². The minimum absolute atomic E-state index is 0.0554. The zero-order chi connectivity index (χ0) is 19.8. The molecule has 0 radical (unpaired) electrons. The van der Waals surface area contributed by atoms with Gasteiger partial charge in [-0.15, -0.1) is 0 Å². The number of piperazine rings is 1. The lowest BCUT2D eigenvalue weighted by molar-refractivity contribution is -0.117. The third kappa shape index (κ3) is 3.67. The zero-order valence-corrected chi connectivity index (χ0v) is 17.5. The Morgan fingerprint density at radius 3 is 2.69 bits per heavy atom. The summed E-state index contributed by atoms with van der Waals surface area (Å²) < 4.78 is 16.5. The summed E-state index contributed by atoms with van der Waals surface area (Å²) in [5, 5.41) is 1.14. The summed E-state index contributed by atoms with van der Waals surface area (Å²) in [6.07, 6.45) is 1.64. The van der Waals surface area contributed by atoms with E-state index in [1.54, 1.807) is 0 Å². The van der Waals surface area contributed by atoms with Crippen LogP contribution in [0.4, 0.5) is 10.7 Å². The largest absolute Gasteiger partial charge is 0.486 e. The number of para-hydroxylation sites is 2. The molecule has 3 aliphatic heterocycles. The van der Waals surface area contributed by atoms with E-state index in [4.69, 9.17) is 9.47 Å². The number of hydrogen-bond donors (Lipinski definition) is 0. The first-order valence-electron chi connectivity index (χ1n) is 10.3. The number of carbonyl (C=O) groups is 1. The summed E-state index contributed by atoms with van der Waals surface area (Å²) in [4.78, 5) is 19.0. The fourth-order valence-electron chi connectivity index (χ4n) is 4.33. The van der Waals surface area contributed by atoms with Gasteiger partial charge in [-0.1, -0.05) is 12.1 Å². The van der Waals surface area contributed by atoms with Crippen molar-refractivity contribution in [2.24, 2.45) is 0 Å². The molecule has 8 heteroatoms. The molecule has 3 aliphatic rings. The minimum Gasteiger partial charge on any atom is -0.486 e. The predicted molar refractivity (Wildman–Crippen MR) is 113 cm³/mol. The molecule has 0 spiro atoms. The highest BCUT2D eigenvalue weighted by Crippen LogP contribution is 2.39. The Labute approximate surface area is 175 Å². The second-order valence-electron chi connectivity index (χ2n) is 7.86. The third-order valence-corrected chi connectivity index (χ3v) is 6.84. The Bertz CT molecular complexity index is 894. The van der Waals surface area contributed by atoms with Gasteiger partial charge < -0.3 is 19.3 Å². The lowest BCUT2D eigenvalue weighted by atomic mass is 10.2. The van der Waals surface area contributed by atoms with Gasteiger partial charge in [-0.3, -0.25) is 9.69 Å². The van der Waals surface area contributed by atoms with Crippen molar-refractivity contribution in [3.05, 3.63) is 30.0 Å². The summed E-state index contributed by atoms with van der Waals surface area (Å²) >= 11 is 1.52. The number of aryl methyl sites for hydroxylation is 1. The summed E-state index contributed by atoms with van der Waals surface area (Å²) in [5.41, 5.74) is 2.00. The van der Waals surface area contributed by atoms with Gasteiger partial charge in [0.2, 0.25) is 5.91 Å². The van der Waals surface area contributed by atoms with Gasteiger partial charge in [0, 0.05) is 45.7 Å². The molecule has 5 rings (SSSR count). The molecule has 1 aromatic heterocycles. The first-order valence-corrected chi connectivity index (χ1v) is 11.1. The van der Waals surface area contributed by atoms with Crippen LogP contribution in [0, 0.1) is 6.92 Å². The van der Waals surface area contributed by atoms with E-state index >= 15 is 0 Å². The van der Waals surface area contributed by atoms with Gasteiger partial charge in [0.25, 0.3) is 0 Å². The van der Waals surface area contributed by atoms with E-state index in [-0.39, 0.29) is 12.0 Å². The topological polar surface area (TPSA) is 58.1 Å². The van der Waals surface area contributed by atoms with Crippen molar-refractivity contribution in [1.82, 2.24) is 9.27 Å². The second kappa shape index (κ2) is 7.84. The molecule has 1 unspecified atom stereocenters. The van der Waals surface area contributed by atoms with Crippen LogP contribution in [-0.4, -0.2) is 67.2 Å². The molecule has 2 saturated heterocycles. The lowest BCUT2D eigenvalue weighted by Gasteiger charge is -2.38. The highest BCUT2D eigenvalue weighted by molar-refractivity contribution is 7.11. The van der Waals surface area contributed by atoms with E-state index in [1.807, 2.05) is 36.1 Å². The van der Waals surface area contributed by atoms with Crippen molar-refractivity contribution in [3.8, 4) is 11.5 Å². The number of amides is 1. The molecule has 2 aromatic rings. The van der Waals surface area contributed by atoms with Gasteiger partial charge in [-0.25, -0.2) is 0 Å². The molecule has 0 bridgehead atoms. The molecule has 29 heavy (non-hydrogen) atoms. The van der Waals surface area contributed by atoms with E-state index in [1.165, 1.54) is 11.5 Å². The molecule has 154 valence electrons. The van der Waals surface area contributed by atoms with Crippen molar-refractivity contribution in [2.75, 3.05) is 55.7 Å². The van der Waals surface area contributed by atoms with E-state index in [0.29, 0.717) is 13.0 Å². The lowest BCUT2D eigenvalue weighted by Crippen LogP contribution is -2.50. The minimum atomic E-state index is 0.0554. The Balaban J connectivity index is 1.20. The number of ether oxygens (including phenoxy) is 2. The van der Waals surface area contributed by atoms with Crippen LogP contribution < -0.4 is 19.3 Å². The number of fused-ring (bicyclic) bond motifs is 1. The van der Waals surface area contributed by atoms with Crippen LogP contribution in [0.5, 0.6) is 11.5 Å². The molecular weight excluding hydrogens is 388 g/mol. The molecule has 0 aliphatic carbocycles. The standard InChI is InChI=1S/C21H26N4O3S/c1-15-20(25-8-4-7-19(25)26)21(29-22-15)24-11-9-23(10-12-24)13-16-14-27-17-5-2-3-6-18(17)28-16/h2-3,5-6,16H,4,7-14H2,1H3. The first-order chi connectivity index (χ1) is 14.2. The third-order valence-electron chi connectivity index (χ3n) is 5.85. The number of carbonyl (C=O) groups excluding carboxylic acids is 1. The zero-order valence-electron chi connectivity index (χ0n) is 16.7. The number of benzene rings is 1. The highest BCUT2D eigenvalue weighted by atomic mass is 32.1. The van der Waals surface area contributed by atoms with E-state index < -0.39 is 0 Å². The van der Waals surface area contributed by atoms with Crippen LogP contribution >= 0.6 is 11.5 Å². The van der Waals surface area contributed by atoms with Gasteiger partial charge in [-0.2, -0.15) is 4.37 Å².